The Kier molecular flexibility index (Phi) is 3.89. The first-order chi connectivity index (χ1) is 10.0. The molecule has 114 valence electrons. The SMILES string of the molecule is Cc1ccc(OCC(=O)N2CC3CCC(N)C3C2)cc1C. The average molecular weight is 288 g/mol. The Bertz CT molecular complexity index is 544. The van der Waals surface area contributed by atoms with Crippen molar-refractivity contribution < 1.29 is 9.53 Å². The van der Waals surface area contributed by atoms with Gasteiger partial charge in [-0.05, 0) is 61.8 Å². The number of ether oxygens (including phenoxy) is 1. The summed E-state index contributed by atoms with van der Waals surface area (Å²) in [7, 11) is 0. The van der Waals surface area contributed by atoms with Crippen LogP contribution in [0.5, 0.6) is 5.75 Å². The van der Waals surface area contributed by atoms with Crippen LogP contribution in [0, 0.1) is 25.7 Å². The maximum atomic E-state index is 12.3. The molecule has 21 heavy (non-hydrogen) atoms. The highest BCUT2D eigenvalue weighted by Gasteiger charge is 2.42. The van der Waals surface area contributed by atoms with Gasteiger partial charge in [-0.2, -0.15) is 0 Å². The highest BCUT2D eigenvalue weighted by atomic mass is 16.5. The molecule has 1 aromatic carbocycles. The number of benzene rings is 1. The van der Waals surface area contributed by atoms with Crippen LogP contribution in [0.15, 0.2) is 18.2 Å². The molecular formula is C17H24N2O2. The number of aryl methyl sites for hydroxylation is 2. The Morgan fingerprint density at radius 1 is 1.29 bits per heavy atom. The van der Waals surface area contributed by atoms with Crippen molar-refractivity contribution in [2.75, 3.05) is 19.7 Å². The van der Waals surface area contributed by atoms with Gasteiger partial charge in [-0.15, -0.1) is 0 Å². The number of nitrogens with zero attached hydrogens (tertiary/aromatic N) is 1. The third-order valence-corrected chi connectivity index (χ3v) is 5.11. The first-order valence-corrected chi connectivity index (χ1v) is 7.78. The Labute approximate surface area is 126 Å². The van der Waals surface area contributed by atoms with E-state index in [9.17, 15) is 4.79 Å². The van der Waals surface area contributed by atoms with Gasteiger partial charge in [0.1, 0.15) is 5.75 Å². The van der Waals surface area contributed by atoms with Crippen LogP contribution in [0.4, 0.5) is 0 Å². The maximum Gasteiger partial charge on any atom is 0.260 e. The fourth-order valence-electron chi connectivity index (χ4n) is 3.55. The summed E-state index contributed by atoms with van der Waals surface area (Å²) in [6.45, 7) is 5.90. The lowest BCUT2D eigenvalue weighted by atomic mass is 9.98. The zero-order valence-electron chi connectivity index (χ0n) is 12.8. The number of likely N-dealkylation sites (tertiary alicyclic amines) is 1. The highest BCUT2D eigenvalue weighted by Crippen LogP contribution is 2.37. The monoisotopic (exact) mass is 288 g/mol. The number of rotatable bonds is 3. The van der Waals surface area contributed by atoms with E-state index in [1.54, 1.807) is 0 Å². The van der Waals surface area contributed by atoms with E-state index < -0.39 is 0 Å². The molecular weight excluding hydrogens is 264 g/mol. The quantitative estimate of drug-likeness (QED) is 0.924. The molecule has 3 atom stereocenters. The first-order valence-electron chi connectivity index (χ1n) is 7.78. The van der Waals surface area contributed by atoms with Crippen molar-refractivity contribution in [2.24, 2.45) is 17.6 Å². The summed E-state index contributed by atoms with van der Waals surface area (Å²) in [5.41, 5.74) is 8.52. The van der Waals surface area contributed by atoms with Crippen LogP contribution in [-0.2, 0) is 4.79 Å². The summed E-state index contributed by atoms with van der Waals surface area (Å²) in [6, 6.07) is 6.20. The van der Waals surface area contributed by atoms with E-state index in [0.717, 1.165) is 31.7 Å². The number of hydrogen-bond donors (Lipinski definition) is 1. The molecule has 4 nitrogen and oxygen atoms in total. The summed E-state index contributed by atoms with van der Waals surface area (Å²) in [6.07, 6.45) is 2.27. The summed E-state index contributed by atoms with van der Waals surface area (Å²) in [5.74, 6) is 1.94. The lowest BCUT2D eigenvalue weighted by Gasteiger charge is -2.19. The van der Waals surface area contributed by atoms with Crippen molar-refractivity contribution in [3.63, 3.8) is 0 Å². The summed E-state index contributed by atoms with van der Waals surface area (Å²) in [5, 5.41) is 0. The van der Waals surface area contributed by atoms with Crippen molar-refractivity contribution in [1.82, 2.24) is 4.90 Å². The van der Waals surface area contributed by atoms with Gasteiger partial charge in [0, 0.05) is 19.1 Å². The molecule has 1 aliphatic carbocycles. The van der Waals surface area contributed by atoms with Gasteiger partial charge in [0.05, 0.1) is 0 Å². The largest absolute Gasteiger partial charge is 0.484 e. The molecule has 1 aromatic rings. The molecule has 1 saturated carbocycles. The second kappa shape index (κ2) is 5.68. The molecule has 1 saturated heterocycles. The Balaban J connectivity index is 1.54. The first kappa shape index (κ1) is 14.4. The summed E-state index contributed by atoms with van der Waals surface area (Å²) in [4.78, 5) is 14.2. The van der Waals surface area contributed by atoms with Crippen molar-refractivity contribution >= 4 is 5.91 Å². The second-order valence-corrected chi connectivity index (χ2v) is 6.50. The minimum atomic E-state index is 0.0785. The maximum absolute atomic E-state index is 12.3. The fourth-order valence-corrected chi connectivity index (χ4v) is 3.55. The lowest BCUT2D eigenvalue weighted by Crippen LogP contribution is -2.36. The van der Waals surface area contributed by atoms with Crippen LogP contribution in [0.2, 0.25) is 0 Å². The van der Waals surface area contributed by atoms with E-state index >= 15 is 0 Å². The number of carbonyl (C=O) groups excluding carboxylic acids is 1. The van der Waals surface area contributed by atoms with Crippen LogP contribution in [-0.4, -0.2) is 36.5 Å². The minimum Gasteiger partial charge on any atom is -0.484 e. The van der Waals surface area contributed by atoms with Crippen molar-refractivity contribution in [1.29, 1.82) is 0 Å². The van der Waals surface area contributed by atoms with Gasteiger partial charge in [0.15, 0.2) is 6.61 Å². The minimum absolute atomic E-state index is 0.0785. The molecule has 3 unspecified atom stereocenters. The van der Waals surface area contributed by atoms with Crippen LogP contribution in [0.1, 0.15) is 24.0 Å². The number of carbonyl (C=O) groups is 1. The fraction of sp³-hybridized carbons (Fsp3) is 0.588. The molecule has 1 aliphatic heterocycles. The van der Waals surface area contributed by atoms with Crippen LogP contribution < -0.4 is 10.5 Å². The number of amides is 1. The van der Waals surface area contributed by atoms with Crippen molar-refractivity contribution in [3.05, 3.63) is 29.3 Å². The summed E-state index contributed by atoms with van der Waals surface area (Å²) < 4.78 is 5.64. The van der Waals surface area contributed by atoms with Gasteiger partial charge in [-0.25, -0.2) is 0 Å². The molecule has 0 spiro atoms. The predicted molar refractivity (Wildman–Crippen MR) is 82.2 cm³/mol. The molecule has 0 bridgehead atoms. The van der Waals surface area contributed by atoms with E-state index in [1.807, 2.05) is 30.0 Å². The van der Waals surface area contributed by atoms with Crippen LogP contribution in [0.25, 0.3) is 0 Å². The number of nitrogens with two attached hydrogens (primary N) is 1. The molecule has 3 rings (SSSR count). The van der Waals surface area contributed by atoms with Gasteiger partial charge < -0.3 is 15.4 Å². The Hall–Kier alpha value is -1.55. The van der Waals surface area contributed by atoms with Crippen molar-refractivity contribution in [3.8, 4) is 5.75 Å². The number of fused-ring (bicyclic) bond motifs is 1. The molecule has 2 N–H and O–H groups in total. The topological polar surface area (TPSA) is 55.6 Å². The standard InChI is InChI=1S/C17H24N2O2/c1-11-3-5-14(7-12(11)2)21-10-17(20)19-8-13-4-6-16(18)15(13)9-19/h3,5,7,13,15-16H,4,6,8-10,18H2,1-2H3. The smallest absolute Gasteiger partial charge is 0.260 e. The molecule has 1 heterocycles. The second-order valence-electron chi connectivity index (χ2n) is 6.50. The molecule has 2 aliphatic rings. The normalized spacial score (nSPS) is 27.8. The molecule has 0 radical (unpaired) electrons. The average Bonchev–Trinajstić information content (AvgIpc) is 3.02. The molecule has 2 fully saturated rings. The third kappa shape index (κ3) is 2.91. The van der Waals surface area contributed by atoms with Crippen molar-refractivity contribution in [2.45, 2.75) is 32.7 Å². The Morgan fingerprint density at radius 2 is 2.10 bits per heavy atom. The Morgan fingerprint density at radius 3 is 2.81 bits per heavy atom. The van der Waals surface area contributed by atoms with Crippen LogP contribution in [0.3, 0.4) is 0 Å². The lowest BCUT2D eigenvalue weighted by molar-refractivity contribution is -0.132. The molecule has 4 heteroatoms. The zero-order valence-corrected chi connectivity index (χ0v) is 12.8. The van der Waals surface area contributed by atoms with Gasteiger partial charge in [0.2, 0.25) is 0 Å². The third-order valence-electron chi connectivity index (χ3n) is 5.11. The highest BCUT2D eigenvalue weighted by molar-refractivity contribution is 5.78. The van der Waals surface area contributed by atoms with E-state index in [1.165, 1.54) is 11.1 Å². The van der Waals surface area contributed by atoms with E-state index in [-0.39, 0.29) is 18.6 Å². The van der Waals surface area contributed by atoms with Gasteiger partial charge in [0.25, 0.3) is 5.91 Å². The van der Waals surface area contributed by atoms with Gasteiger partial charge in [-0.3, -0.25) is 4.79 Å². The zero-order chi connectivity index (χ0) is 15.0. The predicted octanol–water partition coefficient (Wildman–Crippen LogP) is 1.88. The molecule has 1 amide bonds. The van der Waals surface area contributed by atoms with E-state index in [4.69, 9.17) is 10.5 Å². The summed E-state index contributed by atoms with van der Waals surface area (Å²) >= 11 is 0. The van der Waals surface area contributed by atoms with Crippen LogP contribution >= 0.6 is 0 Å². The van der Waals surface area contributed by atoms with E-state index in [2.05, 4.69) is 6.92 Å². The number of hydrogen-bond acceptors (Lipinski definition) is 3. The van der Waals surface area contributed by atoms with Gasteiger partial charge in [-0.1, -0.05) is 6.07 Å². The van der Waals surface area contributed by atoms with Gasteiger partial charge >= 0.3 is 0 Å². The molecule has 0 aromatic heterocycles. The van der Waals surface area contributed by atoms with E-state index in [0.29, 0.717) is 11.8 Å².